The van der Waals surface area contributed by atoms with E-state index in [9.17, 15) is 9.18 Å². The molecule has 1 heterocycles. The Bertz CT molecular complexity index is 572. The molecule has 0 fully saturated rings. The Labute approximate surface area is 120 Å². The summed E-state index contributed by atoms with van der Waals surface area (Å²) in [5.41, 5.74) is 0. The molecule has 18 heavy (non-hydrogen) atoms. The molecular weight excluding hydrogens is 343 g/mol. The van der Waals surface area contributed by atoms with Crippen molar-refractivity contribution in [2.75, 3.05) is 6.61 Å². The number of ketones is 1. The highest BCUT2D eigenvalue weighted by Crippen LogP contribution is 2.30. The summed E-state index contributed by atoms with van der Waals surface area (Å²) in [6.45, 7) is -0.139. The van der Waals surface area contributed by atoms with Crippen molar-refractivity contribution in [3.05, 3.63) is 49.8 Å². The zero-order chi connectivity index (χ0) is 13.1. The number of hydrogen-bond donors (Lipinski definition) is 0. The SMILES string of the molecule is O=C(COc1cc(F)c(Cl)cc1Br)c1cccs1. The van der Waals surface area contributed by atoms with Gasteiger partial charge >= 0.3 is 0 Å². The van der Waals surface area contributed by atoms with Crippen molar-refractivity contribution in [3.8, 4) is 5.75 Å². The van der Waals surface area contributed by atoms with Crippen molar-refractivity contribution in [1.82, 2.24) is 0 Å². The van der Waals surface area contributed by atoms with Crippen molar-refractivity contribution < 1.29 is 13.9 Å². The average molecular weight is 350 g/mol. The van der Waals surface area contributed by atoms with Gasteiger partial charge in [-0.2, -0.15) is 0 Å². The minimum atomic E-state index is -0.585. The molecule has 0 spiro atoms. The second kappa shape index (κ2) is 5.82. The zero-order valence-electron chi connectivity index (χ0n) is 8.95. The number of benzene rings is 1. The summed E-state index contributed by atoms with van der Waals surface area (Å²) in [7, 11) is 0. The van der Waals surface area contributed by atoms with Gasteiger partial charge in [-0.05, 0) is 33.4 Å². The summed E-state index contributed by atoms with van der Waals surface area (Å²) in [6, 6.07) is 6.04. The fourth-order valence-corrected chi connectivity index (χ4v) is 2.67. The van der Waals surface area contributed by atoms with E-state index in [-0.39, 0.29) is 23.2 Å². The number of hydrogen-bond acceptors (Lipinski definition) is 3. The van der Waals surface area contributed by atoms with Crippen LogP contribution >= 0.6 is 38.9 Å². The van der Waals surface area contributed by atoms with Crippen LogP contribution in [0.2, 0.25) is 5.02 Å². The van der Waals surface area contributed by atoms with Crippen LogP contribution in [0.4, 0.5) is 4.39 Å². The molecule has 94 valence electrons. The first-order chi connectivity index (χ1) is 8.58. The summed E-state index contributed by atoms with van der Waals surface area (Å²) < 4.78 is 19.0. The van der Waals surface area contributed by atoms with E-state index in [4.69, 9.17) is 16.3 Å². The van der Waals surface area contributed by atoms with Crippen LogP contribution in [0.3, 0.4) is 0 Å². The van der Waals surface area contributed by atoms with Crippen LogP contribution in [0.5, 0.6) is 5.75 Å². The molecule has 0 amide bonds. The van der Waals surface area contributed by atoms with E-state index in [0.717, 1.165) is 6.07 Å². The lowest BCUT2D eigenvalue weighted by atomic mass is 10.3. The van der Waals surface area contributed by atoms with Crippen LogP contribution in [0.15, 0.2) is 34.1 Å². The highest BCUT2D eigenvalue weighted by molar-refractivity contribution is 9.10. The Morgan fingerprint density at radius 3 is 2.94 bits per heavy atom. The zero-order valence-corrected chi connectivity index (χ0v) is 12.1. The fourth-order valence-electron chi connectivity index (χ4n) is 1.27. The molecule has 0 saturated heterocycles. The van der Waals surface area contributed by atoms with Crippen LogP contribution in [0.25, 0.3) is 0 Å². The lowest BCUT2D eigenvalue weighted by molar-refractivity contribution is 0.0925. The molecule has 0 saturated carbocycles. The Morgan fingerprint density at radius 2 is 2.28 bits per heavy atom. The van der Waals surface area contributed by atoms with Crippen molar-refractivity contribution in [3.63, 3.8) is 0 Å². The Kier molecular flexibility index (Phi) is 4.37. The molecule has 0 unspecified atom stereocenters. The predicted octanol–water partition coefficient (Wildman–Crippen LogP) is 4.56. The van der Waals surface area contributed by atoms with Crippen LogP contribution in [-0.2, 0) is 0 Å². The first-order valence-electron chi connectivity index (χ1n) is 4.92. The maximum atomic E-state index is 13.2. The average Bonchev–Trinajstić information content (AvgIpc) is 2.85. The van der Waals surface area contributed by atoms with E-state index >= 15 is 0 Å². The van der Waals surface area contributed by atoms with Crippen LogP contribution in [0, 0.1) is 5.82 Å². The Balaban J connectivity index is 2.07. The van der Waals surface area contributed by atoms with Crippen molar-refractivity contribution in [2.24, 2.45) is 0 Å². The van der Waals surface area contributed by atoms with Gasteiger partial charge in [0.05, 0.1) is 14.4 Å². The second-order valence-corrected chi connectivity index (χ2v) is 5.60. The Morgan fingerprint density at radius 1 is 1.50 bits per heavy atom. The number of halogens is 3. The predicted molar refractivity (Wildman–Crippen MR) is 73.3 cm³/mol. The summed E-state index contributed by atoms with van der Waals surface area (Å²) in [5.74, 6) is -0.479. The van der Waals surface area contributed by atoms with E-state index in [1.54, 1.807) is 12.1 Å². The maximum absolute atomic E-state index is 13.2. The normalized spacial score (nSPS) is 10.4. The standard InChI is InChI=1S/C12H7BrClFO2S/c13-7-4-8(14)9(15)5-11(7)17-6-10(16)12-2-1-3-18-12/h1-5H,6H2. The Hall–Kier alpha value is -0.910. The number of carbonyl (C=O) groups excluding carboxylic acids is 1. The molecule has 1 aromatic carbocycles. The first kappa shape index (κ1) is 13.5. The van der Waals surface area contributed by atoms with Gasteiger partial charge in [-0.15, -0.1) is 11.3 Å². The lowest BCUT2D eigenvalue weighted by Gasteiger charge is -2.07. The molecule has 0 aliphatic carbocycles. The van der Waals surface area contributed by atoms with E-state index < -0.39 is 5.82 Å². The van der Waals surface area contributed by atoms with Gasteiger partial charge in [0.25, 0.3) is 0 Å². The molecule has 0 aliphatic heterocycles. The van der Waals surface area contributed by atoms with Gasteiger partial charge in [0.2, 0.25) is 5.78 Å². The third-order valence-corrected chi connectivity index (χ3v) is 3.95. The van der Waals surface area contributed by atoms with Gasteiger partial charge in [0, 0.05) is 6.07 Å². The monoisotopic (exact) mass is 348 g/mol. The van der Waals surface area contributed by atoms with Gasteiger partial charge in [0.15, 0.2) is 6.61 Å². The third kappa shape index (κ3) is 3.10. The van der Waals surface area contributed by atoms with E-state index in [2.05, 4.69) is 15.9 Å². The van der Waals surface area contributed by atoms with Gasteiger partial charge in [-0.25, -0.2) is 4.39 Å². The summed E-state index contributed by atoms with van der Waals surface area (Å²) in [6.07, 6.45) is 0. The molecule has 2 rings (SSSR count). The number of carbonyl (C=O) groups is 1. The highest BCUT2D eigenvalue weighted by Gasteiger charge is 2.11. The van der Waals surface area contributed by atoms with E-state index in [0.29, 0.717) is 9.35 Å². The number of thiophene rings is 1. The molecule has 1 aromatic heterocycles. The van der Waals surface area contributed by atoms with Gasteiger partial charge in [0.1, 0.15) is 11.6 Å². The quantitative estimate of drug-likeness (QED) is 0.597. The minimum Gasteiger partial charge on any atom is -0.484 e. The first-order valence-corrected chi connectivity index (χ1v) is 6.97. The summed E-state index contributed by atoms with van der Waals surface area (Å²) in [5, 5.41) is 1.81. The van der Waals surface area contributed by atoms with Crippen LogP contribution in [0.1, 0.15) is 9.67 Å². The van der Waals surface area contributed by atoms with Crippen LogP contribution in [-0.4, -0.2) is 12.4 Å². The largest absolute Gasteiger partial charge is 0.484 e. The lowest BCUT2D eigenvalue weighted by Crippen LogP contribution is -2.10. The van der Waals surface area contributed by atoms with Gasteiger partial charge in [-0.1, -0.05) is 17.7 Å². The molecule has 2 aromatic rings. The topological polar surface area (TPSA) is 26.3 Å². The molecule has 2 nitrogen and oxygen atoms in total. The van der Waals surface area contributed by atoms with Gasteiger partial charge in [-0.3, -0.25) is 4.79 Å². The van der Waals surface area contributed by atoms with Crippen LogP contribution < -0.4 is 4.74 Å². The molecule has 0 aliphatic rings. The number of rotatable bonds is 4. The molecule has 6 heteroatoms. The molecule has 0 bridgehead atoms. The third-order valence-electron chi connectivity index (χ3n) is 2.13. The maximum Gasteiger partial charge on any atom is 0.210 e. The molecular formula is C12H7BrClFO2S. The molecule has 0 N–H and O–H groups in total. The smallest absolute Gasteiger partial charge is 0.210 e. The molecule has 0 atom stereocenters. The minimum absolute atomic E-state index is 0.00110. The summed E-state index contributed by atoms with van der Waals surface area (Å²) >= 11 is 10.1. The van der Waals surface area contributed by atoms with Crippen molar-refractivity contribution >= 4 is 44.7 Å². The van der Waals surface area contributed by atoms with Gasteiger partial charge < -0.3 is 4.74 Å². The molecule has 0 radical (unpaired) electrons. The summed E-state index contributed by atoms with van der Waals surface area (Å²) in [4.78, 5) is 12.3. The van der Waals surface area contributed by atoms with Crippen molar-refractivity contribution in [1.29, 1.82) is 0 Å². The van der Waals surface area contributed by atoms with Crippen molar-refractivity contribution in [2.45, 2.75) is 0 Å². The van der Waals surface area contributed by atoms with E-state index in [1.165, 1.54) is 17.4 Å². The second-order valence-electron chi connectivity index (χ2n) is 3.39. The fraction of sp³-hybridized carbons (Fsp3) is 0.0833. The number of Topliss-reactive ketones (excluding diaryl/α,β-unsaturated/α-hetero) is 1. The number of ether oxygens (including phenoxy) is 1. The highest BCUT2D eigenvalue weighted by atomic mass is 79.9. The van der Waals surface area contributed by atoms with E-state index in [1.807, 2.05) is 5.38 Å².